The molecule has 1 saturated heterocycles. The molecule has 0 radical (unpaired) electrons. The maximum atomic E-state index is 5.43. The SMILES string of the molecule is COc1ccc2[nH+]c(C)cc(N3CCOCC3)c2c1. The molecular weight excluding hydrogens is 240 g/mol. The van der Waals surface area contributed by atoms with Gasteiger partial charge >= 0.3 is 0 Å². The number of rotatable bonds is 2. The number of benzene rings is 1. The van der Waals surface area contributed by atoms with Crippen LogP contribution in [0.25, 0.3) is 10.9 Å². The van der Waals surface area contributed by atoms with Gasteiger partial charge in [0.1, 0.15) is 5.75 Å². The molecule has 1 aromatic carbocycles. The van der Waals surface area contributed by atoms with Crippen molar-refractivity contribution in [2.75, 3.05) is 38.3 Å². The minimum atomic E-state index is 0.795. The van der Waals surface area contributed by atoms with Crippen molar-refractivity contribution in [2.24, 2.45) is 0 Å². The molecule has 0 aliphatic carbocycles. The summed E-state index contributed by atoms with van der Waals surface area (Å²) in [6.45, 7) is 5.56. The summed E-state index contributed by atoms with van der Waals surface area (Å²) in [7, 11) is 1.70. The van der Waals surface area contributed by atoms with Gasteiger partial charge < -0.3 is 14.4 Å². The number of anilines is 1. The Morgan fingerprint density at radius 1 is 1.21 bits per heavy atom. The van der Waals surface area contributed by atoms with Gasteiger partial charge in [0.25, 0.3) is 0 Å². The van der Waals surface area contributed by atoms with Crippen LogP contribution in [0.5, 0.6) is 5.75 Å². The smallest absolute Gasteiger partial charge is 0.213 e. The summed E-state index contributed by atoms with van der Waals surface area (Å²) in [5, 5.41) is 1.20. The van der Waals surface area contributed by atoms with E-state index in [1.54, 1.807) is 7.11 Å². The van der Waals surface area contributed by atoms with Gasteiger partial charge in [0, 0.05) is 32.1 Å². The third-order valence-electron chi connectivity index (χ3n) is 3.54. The Labute approximate surface area is 113 Å². The maximum absolute atomic E-state index is 5.43. The number of aryl methyl sites for hydroxylation is 1. The number of fused-ring (bicyclic) bond motifs is 1. The lowest BCUT2D eigenvalue weighted by atomic mass is 10.1. The second kappa shape index (κ2) is 5.05. The van der Waals surface area contributed by atoms with Crippen molar-refractivity contribution < 1.29 is 14.5 Å². The van der Waals surface area contributed by atoms with Gasteiger partial charge in [-0.15, -0.1) is 0 Å². The van der Waals surface area contributed by atoms with Gasteiger partial charge in [0.05, 0.1) is 31.4 Å². The molecule has 1 aromatic heterocycles. The second-order valence-electron chi connectivity index (χ2n) is 4.85. The minimum Gasteiger partial charge on any atom is -0.497 e. The van der Waals surface area contributed by atoms with Crippen molar-refractivity contribution >= 4 is 16.6 Å². The molecule has 2 heterocycles. The highest BCUT2D eigenvalue weighted by Crippen LogP contribution is 2.28. The van der Waals surface area contributed by atoms with Crippen molar-refractivity contribution in [3.63, 3.8) is 0 Å². The predicted molar refractivity (Wildman–Crippen MR) is 74.8 cm³/mol. The highest BCUT2D eigenvalue weighted by molar-refractivity contribution is 5.90. The molecule has 1 N–H and O–H groups in total. The van der Waals surface area contributed by atoms with Crippen molar-refractivity contribution in [1.29, 1.82) is 0 Å². The van der Waals surface area contributed by atoms with Crippen LogP contribution in [0.4, 0.5) is 5.69 Å². The van der Waals surface area contributed by atoms with Crippen molar-refractivity contribution in [3.05, 3.63) is 30.0 Å². The van der Waals surface area contributed by atoms with E-state index in [-0.39, 0.29) is 0 Å². The lowest BCUT2D eigenvalue weighted by Crippen LogP contribution is -2.36. The molecule has 0 saturated carbocycles. The molecule has 1 fully saturated rings. The van der Waals surface area contributed by atoms with Crippen LogP contribution in [0, 0.1) is 6.92 Å². The molecular formula is C15H19N2O2+. The molecule has 1 aliphatic heterocycles. The van der Waals surface area contributed by atoms with Crippen molar-refractivity contribution in [1.82, 2.24) is 0 Å². The number of nitrogens with zero attached hydrogens (tertiary/aromatic N) is 1. The Hall–Kier alpha value is -1.81. The number of aromatic amines is 1. The van der Waals surface area contributed by atoms with E-state index in [4.69, 9.17) is 9.47 Å². The van der Waals surface area contributed by atoms with Crippen molar-refractivity contribution in [3.8, 4) is 5.75 Å². The molecule has 3 rings (SSSR count). The van der Waals surface area contributed by atoms with E-state index in [9.17, 15) is 0 Å². The van der Waals surface area contributed by atoms with Crippen LogP contribution in [0.2, 0.25) is 0 Å². The normalized spacial score (nSPS) is 15.8. The molecule has 0 spiro atoms. The molecule has 0 amide bonds. The Morgan fingerprint density at radius 2 is 2.00 bits per heavy atom. The molecule has 4 nitrogen and oxygen atoms in total. The number of H-pyrrole nitrogens is 1. The first kappa shape index (κ1) is 12.2. The summed E-state index contributed by atoms with van der Waals surface area (Å²) in [5.41, 5.74) is 3.56. The lowest BCUT2D eigenvalue weighted by Gasteiger charge is -2.29. The molecule has 0 bridgehead atoms. The molecule has 2 aromatic rings. The van der Waals surface area contributed by atoms with Gasteiger partial charge in [-0.05, 0) is 12.1 Å². The first-order valence-corrected chi connectivity index (χ1v) is 6.61. The predicted octanol–water partition coefficient (Wildman–Crippen LogP) is 1.81. The fourth-order valence-corrected chi connectivity index (χ4v) is 2.57. The quantitative estimate of drug-likeness (QED) is 0.825. The van der Waals surface area contributed by atoms with Gasteiger partial charge in [-0.25, -0.2) is 4.98 Å². The number of aromatic nitrogens is 1. The number of ether oxygens (including phenoxy) is 2. The van der Waals surface area contributed by atoms with E-state index in [0.29, 0.717) is 0 Å². The Bertz CT molecular complexity index is 592. The molecule has 1 aliphatic rings. The summed E-state index contributed by atoms with van der Waals surface area (Å²) in [6.07, 6.45) is 0. The zero-order chi connectivity index (χ0) is 13.2. The van der Waals surface area contributed by atoms with Crippen LogP contribution < -0.4 is 14.6 Å². The topological polar surface area (TPSA) is 35.8 Å². The van der Waals surface area contributed by atoms with Gasteiger partial charge in [0.15, 0.2) is 5.69 Å². The molecule has 0 unspecified atom stereocenters. The van der Waals surface area contributed by atoms with Crippen LogP contribution in [0.15, 0.2) is 24.3 Å². The van der Waals surface area contributed by atoms with E-state index in [1.165, 1.54) is 16.8 Å². The van der Waals surface area contributed by atoms with E-state index < -0.39 is 0 Å². The van der Waals surface area contributed by atoms with Crippen LogP contribution in [-0.4, -0.2) is 33.4 Å². The highest BCUT2D eigenvalue weighted by atomic mass is 16.5. The highest BCUT2D eigenvalue weighted by Gasteiger charge is 2.18. The van der Waals surface area contributed by atoms with Crippen LogP contribution in [0.3, 0.4) is 0 Å². The molecule has 0 atom stereocenters. The van der Waals surface area contributed by atoms with Crippen LogP contribution in [-0.2, 0) is 4.74 Å². The average Bonchev–Trinajstić information content (AvgIpc) is 2.47. The van der Waals surface area contributed by atoms with E-state index >= 15 is 0 Å². The van der Waals surface area contributed by atoms with E-state index in [1.807, 2.05) is 6.07 Å². The lowest BCUT2D eigenvalue weighted by molar-refractivity contribution is -0.354. The van der Waals surface area contributed by atoms with Gasteiger partial charge in [-0.1, -0.05) is 0 Å². The number of hydrogen-bond acceptors (Lipinski definition) is 3. The first-order chi connectivity index (χ1) is 9.28. The molecule has 4 heteroatoms. The van der Waals surface area contributed by atoms with Crippen LogP contribution >= 0.6 is 0 Å². The molecule has 19 heavy (non-hydrogen) atoms. The maximum Gasteiger partial charge on any atom is 0.213 e. The number of nitrogens with one attached hydrogen (secondary N) is 1. The van der Waals surface area contributed by atoms with Crippen molar-refractivity contribution in [2.45, 2.75) is 6.92 Å². The largest absolute Gasteiger partial charge is 0.497 e. The summed E-state index contributed by atoms with van der Waals surface area (Å²) in [6, 6.07) is 8.36. The average molecular weight is 259 g/mol. The fourth-order valence-electron chi connectivity index (χ4n) is 2.57. The third-order valence-corrected chi connectivity index (χ3v) is 3.54. The van der Waals surface area contributed by atoms with Gasteiger partial charge in [0.2, 0.25) is 5.52 Å². The number of pyridine rings is 1. The standard InChI is InChI=1S/C15H18N2O2/c1-11-9-15(17-5-7-19-8-6-17)13-10-12(18-2)3-4-14(13)16-11/h3-4,9-10H,5-8H2,1-2H3/p+1. The fraction of sp³-hybridized carbons (Fsp3) is 0.400. The van der Waals surface area contributed by atoms with E-state index in [0.717, 1.165) is 37.6 Å². The number of methoxy groups -OCH3 is 1. The van der Waals surface area contributed by atoms with Gasteiger partial charge in [-0.3, -0.25) is 0 Å². The third kappa shape index (κ3) is 2.36. The number of hydrogen-bond donors (Lipinski definition) is 0. The Kier molecular flexibility index (Phi) is 3.25. The van der Waals surface area contributed by atoms with Gasteiger partial charge in [-0.2, -0.15) is 0 Å². The summed E-state index contributed by atoms with van der Waals surface area (Å²) >= 11 is 0. The Balaban J connectivity index is 2.14. The molecule has 100 valence electrons. The van der Waals surface area contributed by atoms with E-state index in [2.05, 4.69) is 35.0 Å². The van der Waals surface area contributed by atoms with Crippen LogP contribution in [0.1, 0.15) is 5.69 Å². The first-order valence-electron chi connectivity index (χ1n) is 6.61. The Morgan fingerprint density at radius 3 is 2.74 bits per heavy atom. The monoisotopic (exact) mass is 259 g/mol. The summed E-state index contributed by atoms with van der Waals surface area (Å²) in [4.78, 5) is 5.79. The minimum absolute atomic E-state index is 0.795. The zero-order valence-electron chi connectivity index (χ0n) is 11.4. The second-order valence-corrected chi connectivity index (χ2v) is 4.85. The zero-order valence-corrected chi connectivity index (χ0v) is 11.4. The summed E-state index contributed by atoms with van der Waals surface area (Å²) in [5.74, 6) is 0.888. The summed E-state index contributed by atoms with van der Waals surface area (Å²) < 4.78 is 10.8. The number of morpholine rings is 1.